The first-order valence-electron chi connectivity index (χ1n) is 10.9. The molecule has 0 fully saturated rings. The number of nitrogens with one attached hydrogen (secondary N) is 1. The lowest BCUT2D eigenvalue weighted by atomic mass is 10.1. The average Bonchev–Trinajstić information content (AvgIpc) is 2.82. The second-order valence-corrected chi connectivity index (χ2v) is 9.86. The van der Waals surface area contributed by atoms with Crippen molar-refractivity contribution in [1.29, 1.82) is 0 Å². The number of carbonyl (C=O) groups excluding carboxylic acids is 1. The van der Waals surface area contributed by atoms with Crippen LogP contribution in [0.4, 0.5) is 19.4 Å². The van der Waals surface area contributed by atoms with Gasteiger partial charge in [0.1, 0.15) is 24.1 Å². The third-order valence-electron chi connectivity index (χ3n) is 5.37. The van der Waals surface area contributed by atoms with Crippen LogP contribution in [0.1, 0.15) is 12.0 Å². The van der Waals surface area contributed by atoms with Crippen LogP contribution in [0.3, 0.4) is 0 Å². The number of aliphatic hydroxyl groups is 1. The van der Waals surface area contributed by atoms with Crippen molar-refractivity contribution < 1.29 is 42.3 Å². The van der Waals surface area contributed by atoms with Crippen molar-refractivity contribution in [2.45, 2.75) is 25.1 Å². The molecule has 0 spiro atoms. The zero-order chi connectivity index (χ0) is 27.2. The van der Waals surface area contributed by atoms with Gasteiger partial charge in [-0.3, -0.25) is 14.7 Å². The highest BCUT2D eigenvalue weighted by Crippen LogP contribution is 2.36. The summed E-state index contributed by atoms with van der Waals surface area (Å²) in [5.41, 5.74) is 0.437. The van der Waals surface area contributed by atoms with Crippen LogP contribution in [0.2, 0.25) is 5.02 Å². The van der Waals surface area contributed by atoms with Crippen molar-refractivity contribution in [3.05, 3.63) is 70.9 Å². The van der Waals surface area contributed by atoms with E-state index in [0.29, 0.717) is 16.3 Å². The number of hydrogen-bond donors (Lipinski definition) is 4. The minimum atomic E-state index is -4.80. The van der Waals surface area contributed by atoms with Gasteiger partial charge in [-0.2, -0.15) is 0 Å². The fourth-order valence-electron chi connectivity index (χ4n) is 3.50. The number of likely N-dealkylation sites (N-methyl/N-ethyl adjacent to an activating group) is 1. The van der Waals surface area contributed by atoms with Gasteiger partial charge in [-0.15, -0.1) is 0 Å². The monoisotopic (exact) mass is 559 g/mol. The van der Waals surface area contributed by atoms with E-state index in [1.165, 1.54) is 36.5 Å². The number of phosphoric ester groups is 1. The Morgan fingerprint density at radius 3 is 2.68 bits per heavy atom. The summed E-state index contributed by atoms with van der Waals surface area (Å²) < 4.78 is 47.9. The maximum atomic E-state index is 13.8. The molecule has 3 aromatic rings. The highest BCUT2D eigenvalue weighted by Gasteiger charge is 2.25. The number of rotatable bonds is 11. The number of nitrogens with zero attached hydrogens (tertiary/aromatic N) is 2. The fraction of sp³-hybridized carbons (Fsp3) is 0.304. The van der Waals surface area contributed by atoms with Crippen molar-refractivity contribution in [2.24, 2.45) is 0 Å². The molecule has 0 saturated carbocycles. The molecule has 0 saturated heterocycles. The van der Waals surface area contributed by atoms with Crippen LogP contribution >= 0.6 is 19.4 Å². The molecule has 0 aliphatic carbocycles. The SMILES string of the molecule is CN(Cc1cccc(F)c1Cl)[C@H](COC(=O)Nc1cc2cc(F)ccc2cn1)CC(O)COP(=O)(O)O. The number of pyridine rings is 1. The molecule has 1 heterocycles. The first-order valence-corrected chi connectivity index (χ1v) is 12.8. The molecule has 10 nitrogen and oxygen atoms in total. The first-order chi connectivity index (χ1) is 17.4. The molecule has 4 N–H and O–H groups in total. The van der Waals surface area contributed by atoms with E-state index in [4.69, 9.17) is 26.1 Å². The number of benzene rings is 2. The number of halogens is 3. The molecular weight excluding hydrogens is 535 g/mol. The van der Waals surface area contributed by atoms with Crippen molar-refractivity contribution in [3.8, 4) is 0 Å². The van der Waals surface area contributed by atoms with Crippen LogP contribution in [0.5, 0.6) is 0 Å². The Kier molecular flexibility index (Phi) is 9.91. The zero-order valence-electron chi connectivity index (χ0n) is 19.6. The number of amides is 1. The molecule has 0 radical (unpaired) electrons. The van der Waals surface area contributed by atoms with Crippen LogP contribution in [0.15, 0.2) is 48.7 Å². The number of hydrogen-bond acceptors (Lipinski definition) is 7. The number of aromatic nitrogens is 1. The maximum absolute atomic E-state index is 13.8. The van der Waals surface area contributed by atoms with Gasteiger partial charge < -0.3 is 19.6 Å². The highest BCUT2D eigenvalue weighted by molar-refractivity contribution is 7.46. The fourth-order valence-corrected chi connectivity index (χ4v) is 4.05. The molecule has 0 aliphatic heterocycles. The van der Waals surface area contributed by atoms with Crippen LogP contribution in [-0.4, -0.2) is 63.3 Å². The molecule has 200 valence electrons. The van der Waals surface area contributed by atoms with Crippen LogP contribution in [0, 0.1) is 11.6 Å². The number of anilines is 1. The maximum Gasteiger partial charge on any atom is 0.469 e. The summed E-state index contributed by atoms with van der Waals surface area (Å²) in [7, 11) is -3.19. The Balaban J connectivity index is 1.67. The lowest BCUT2D eigenvalue weighted by Crippen LogP contribution is -2.40. The summed E-state index contributed by atoms with van der Waals surface area (Å²) >= 11 is 6.03. The summed E-state index contributed by atoms with van der Waals surface area (Å²) in [6.07, 6.45) is -0.871. The summed E-state index contributed by atoms with van der Waals surface area (Å²) in [6, 6.07) is 9.19. The minimum absolute atomic E-state index is 0.0871. The van der Waals surface area contributed by atoms with Gasteiger partial charge in [0, 0.05) is 24.2 Å². The Labute approximate surface area is 216 Å². The van der Waals surface area contributed by atoms with Gasteiger partial charge >= 0.3 is 13.9 Å². The molecule has 0 bridgehead atoms. The minimum Gasteiger partial charge on any atom is -0.448 e. The second-order valence-electron chi connectivity index (χ2n) is 8.24. The highest BCUT2D eigenvalue weighted by atomic mass is 35.5. The Morgan fingerprint density at radius 1 is 1.19 bits per heavy atom. The van der Waals surface area contributed by atoms with Crippen molar-refractivity contribution in [2.75, 3.05) is 25.6 Å². The van der Waals surface area contributed by atoms with E-state index in [1.807, 2.05) is 0 Å². The Morgan fingerprint density at radius 2 is 1.95 bits per heavy atom. The smallest absolute Gasteiger partial charge is 0.448 e. The molecule has 14 heteroatoms. The summed E-state index contributed by atoms with van der Waals surface area (Å²) in [4.78, 5) is 35.9. The van der Waals surface area contributed by atoms with Gasteiger partial charge in [-0.1, -0.05) is 23.7 Å². The van der Waals surface area contributed by atoms with Crippen LogP contribution in [-0.2, 0) is 20.4 Å². The molecule has 1 aromatic heterocycles. The lowest BCUT2D eigenvalue weighted by molar-refractivity contribution is 0.0363. The number of ether oxygens (including phenoxy) is 1. The normalized spacial score (nSPS) is 13.5. The van der Waals surface area contributed by atoms with E-state index in [2.05, 4.69) is 14.8 Å². The first kappa shape index (κ1) is 28.9. The zero-order valence-corrected chi connectivity index (χ0v) is 21.2. The van der Waals surface area contributed by atoms with Gasteiger partial charge in [0.05, 0.1) is 17.7 Å². The molecule has 37 heavy (non-hydrogen) atoms. The molecular formula is C23H25ClF2N3O7P. The van der Waals surface area contributed by atoms with Gasteiger partial charge in [-0.25, -0.2) is 23.1 Å². The summed E-state index contributed by atoms with van der Waals surface area (Å²) in [6.45, 7) is -0.834. The van der Waals surface area contributed by atoms with E-state index >= 15 is 0 Å². The third kappa shape index (κ3) is 8.97. The quantitative estimate of drug-likeness (QED) is 0.256. The third-order valence-corrected chi connectivity index (χ3v) is 6.28. The Bertz CT molecular complexity index is 1300. The number of phosphoric acid groups is 1. The molecule has 2 aromatic carbocycles. The van der Waals surface area contributed by atoms with E-state index in [-0.39, 0.29) is 30.4 Å². The molecule has 2 atom stereocenters. The largest absolute Gasteiger partial charge is 0.469 e. The van der Waals surface area contributed by atoms with Gasteiger partial charge in [0.25, 0.3) is 0 Å². The lowest BCUT2D eigenvalue weighted by Gasteiger charge is -2.29. The van der Waals surface area contributed by atoms with Gasteiger partial charge in [0.2, 0.25) is 0 Å². The molecule has 3 rings (SSSR count). The molecule has 1 unspecified atom stereocenters. The van der Waals surface area contributed by atoms with Crippen LogP contribution < -0.4 is 5.32 Å². The standard InChI is InChI=1S/C23H25ClF2N3O7P/c1-29(11-15-3-2-4-20(26)22(15)24)18(9-19(30)13-36-37(32,33)34)12-35-23(31)28-21-8-16-7-17(25)6-5-14(16)10-27-21/h2-8,10,18-19,30H,9,11-13H2,1H3,(H,27,28,31)(H2,32,33,34)/t18-,19?/m0/s1. The summed E-state index contributed by atoms with van der Waals surface area (Å²) in [5.74, 6) is -0.940. The van der Waals surface area contributed by atoms with E-state index in [1.54, 1.807) is 24.1 Å². The number of fused-ring (bicyclic) bond motifs is 1. The van der Waals surface area contributed by atoms with E-state index < -0.39 is 44.3 Å². The van der Waals surface area contributed by atoms with Gasteiger partial charge in [0.15, 0.2) is 0 Å². The van der Waals surface area contributed by atoms with Crippen molar-refractivity contribution in [3.63, 3.8) is 0 Å². The Hall–Kier alpha value is -2.70. The molecule has 1 amide bonds. The predicted octanol–water partition coefficient (Wildman–Crippen LogP) is 4.08. The van der Waals surface area contributed by atoms with Crippen molar-refractivity contribution >= 4 is 42.1 Å². The number of aliphatic hydroxyl groups excluding tert-OH is 1. The van der Waals surface area contributed by atoms with E-state index in [0.717, 1.165) is 0 Å². The summed E-state index contributed by atoms with van der Waals surface area (Å²) in [5, 5.41) is 13.8. The van der Waals surface area contributed by atoms with E-state index in [9.17, 15) is 23.2 Å². The van der Waals surface area contributed by atoms with Crippen LogP contribution in [0.25, 0.3) is 10.8 Å². The topological polar surface area (TPSA) is 141 Å². The second kappa shape index (κ2) is 12.7. The average molecular weight is 560 g/mol. The predicted molar refractivity (Wildman–Crippen MR) is 132 cm³/mol. The molecule has 0 aliphatic rings. The number of carbonyl (C=O) groups is 1. The van der Waals surface area contributed by atoms with Crippen molar-refractivity contribution in [1.82, 2.24) is 9.88 Å². The van der Waals surface area contributed by atoms with Gasteiger partial charge in [-0.05, 0) is 54.8 Å².